The summed E-state index contributed by atoms with van der Waals surface area (Å²) in [5.41, 5.74) is 0.600. The Bertz CT molecular complexity index is 603. The molecule has 8 heteroatoms. The summed E-state index contributed by atoms with van der Waals surface area (Å²) >= 11 is 0. The largest absolute Gasteiger partial charge is 0.482 e. The lowest BCUT2D eigenvalue weighted by atomic mass is 10.2. The summed E-state index contributed by atoms with van der Waals surface area (Å²) in [6, 6.07) is 5.93. The second-order valence-electron chi connectivity index (χ2n) is 4.88. The molecule has 1 aliphatic rings. The molecule has 1 aromatic carbocycles. The van der Waals surface area contributed by atoms with E-state index in [4.69, 9.17) is 9.84 Å². The van der Waals surface area contributed by atoms with Crippen LogP contribution in [0.5, 0.6) is 5.75 Å². The van der Waals surface area contributed by atoms with E-state index in [2.05, 4.69) is 10.1 Å². The Hall–Kier alpha value is -2.61. The molecule has 2 rings (SSSR count). The van der Waals surface area contributed by atoms with Crippen LogP contribution < -0.4 is 15.0 Å². The van der Waals surface area contributed by atoms with Gasteiger partial charge in [-0.3, -0.25) is 9.59 Å². The molecule has 0 aromatic heterocycles. The quantitative estimate of drug-likeness (QED) is 0.681. The van der Waals surface area contributed by atoms with E-state index in [0.717, 1.165) is 0 Å². The standard InChI is InChI=1S/C15H18N2O6/c1-22-15(21)10(8-18)16-13(19)6-7-17-11-4-2-3-5-12(11)23-9-14(17)20/h2-5,10,18H,6-9H2,1H3,(H,16,19)/t10-/m1/s1. The molecule has 2 N–H and O–H groups in total. The first-order valence-corrected chi connectivity index (χ1v) is 7.07. The molecule has 1 heterocycles. The maximum atomic E-state index is 12.0. The number of esters is 1. The number of benzene rings is 1. The number of hydrogen-bond acceptors (Lipinski definition) is 6. The average Bonchev–Trinajstić information content (AvgIpc) is 2.58. The number of aliphatic hydroxyl groups is 1. The zero-order valence-corrected chi connectivity index (χ0v) is 12.7. The Morgan fingerprint density at radius 1 is 1.43 bits per heavy atom. The predicted octanol–water partition coefficient (Wildman–Crippen LogP) is -0.548. The number of para-hydroxylation sites is 2. The third-order valence-corrected chi connectivity index (χ3v) is 3.37. The molecule has 0 bridgehead atoms. The summed E-state index contributed by atoms with van der Waals surface area (Å²) in [7, 11) is 1.17. The van der Waals surface area contributed by atoms with Gasteiger partial charge in [0.05, 0.1) is 19.4 Å². The Balaban J connectivity index is 1.96. The molecule has 0 saturated carbocycles. The summed E-state index contributed by atoms with van der Waals surface area (Å²) in [5, 5.41) is 11.4. The van der Waals surface area contributed by atoms with E-state index in [1.54, 1.807) is 24.3 Å². The van der Waals surface area contributed by atoms with Crippen molar-refractivity contribution >= 4 is 23.5 Å². The molecule has 8 nitrogen and oxygen atoms in total. The van der Waals surface area contributed by atoms with Crippen molar-refractivity contribution in [2.75, 3.05) is 31.8 Å². The number of nitrogens with one attached hydrogen (secondary N) is 1. The third-order valence-electron chi connectivity index (χ3n) is 3.37. The molecule has 23 heavy (non-hydrogen) atoms. The molecule has 1 atom stereocenters. The van der Waals surface area contributed by atoms with Gasteiger partial charge in [0, 0.05) is 13.0 Å². The highest BCUT2D eigenvalue weighted by atomic mass is 16.5. The first kappa shape index (κ1) is 16.8. The molecule has 0 radical (unpaired) electrons. The van der Waals surface area contributed by atoms with E-state index in [9.17, 15) is 14.4 Å². The fourth-order valence-corrected chi connectivity index (χ4v) is 2.20. The number of ether oxygens (including phenoxy) is 2. The number of amides is 2. The number of aliphatic hydroxyl groups excluding tert-OH is 1. The van der Waals surface area contributed by atoms with Crippen LogP contribution in [0.1, 0.15) is 6.42 Å². The number of nitrogens with zero attached hydrogens (tertiary/aromatic N) is 1. The average molecular weight is 322 g/mol. The van der Waals surface area contributed by atoms with E-state index < -0.39 is 24.5 Å². The monoisotopic (exact) mass is 322 g/mol. The number of carbonyl (C=O) groups is 3. The molecular formula is C15H18N2O6. The van der Waals surface area contributed by atoms with Crippen LogP contribution in [-0.2, 0) is 19.1 Å². The molecule has 0 unspecified atom stereocenters. The van der Waals surface area contributed by atoms with Gasteiger partial charge in [-0.1, -0.05) is 12.1 Å². The maximum absolute atomic E-state index is 12.0. The maximum Gasteiger partial charge on any atom is 0.330 e. The van der Waals surface area contributed by atoms with E-state index in [1.807, 2.05) is 0 Å². The van der Waals surface area contributed by atoms with Crippen LogP contribution in [0.25, 0.3) is 0 Å². The zero-order valence-electron chi connectivity index (χ0n) is 12.7. The van der Waals surface area contributed by atoms with Gasteiger partial charge < -0.3 is 24.8 Å². The van der Waals surface area contributed by atoms with Gasteiger partial charge in [-0.25, -0.2) is 4.79 Å². The molecule has 2 amide bonds. The summed E-state index contributed by atoms with van der Waals surface area (Å²) in [6.45, 7) is -0.498. The van der Waals surface area contributed by atoms with E-state index in [-0.39, 0.29) is 25.5 Å². The van der Waals surface area contributed by atoms with Crippen LogP contribution in [0.2, 0.25) is 0 Å². The summed E-state index contributed by atoms with van der Waals surface area (Å²) in [5.74, 6) is -0.863. The van der Waals surface area contributed by atoms with Crippen LogP contribution in [0, 0.1) is 0 Å². The highest BCUT2D eigenvalue weighted by Gasteiger charge is 2.26. The van der Waals surface area contributed by atoms with Gasteiger partial charge in [0.2, 0.25) is 5.91 Å². The van der Waals surface area contributed by atoms with E-state index >= 15 is 0 Å². The number of rotatable bonds is 6. The Morgan fingerprint density at radius 2 is 2.17 bits per heavy atom. The lowest BCUT2D eigenvalue weighted by Crippen LogP contribution is -2.46. The second kappa shape index (κ2) is 7.59. The third kappa shape index (κ3) is 3.98. The number of anilines is 1. The van der Waals surface area contributed by atoms with Crippen LogP contribution in [0.4, 0.5) is 5.69 Å². The molecule has 1 aliphatic heterocycles. The first-order valence-electron chi connectivity index (χ1n) is 7.07. The van der Waals surface area contributed by atoms with Crippen molar-refractivity contribution in [2.24, 2.45) is 0 Å². The molecular weight excluding hydrogens is 304 g/mol. The molecule has 0 spiro atoms. The minimum atomic E-state index is -1.11. The fourth-order valence-electron chi connectivity index (χ4n) is 2.20. The second-order valence-corrected chi connectivity index (χ2v) is 4.88. The van der Waals surface area contributed by atoms with Crippen molar-refractivity contribution in [2.45, 2.75) is 12.5 Å². The van der Waals surface area contributed by atoms with Crippen molar-refractivity contribution in [1.82, 2.24) is 5.32 Å². The molecule has 0 aliphatic carbocycles. The van der Waals surface area contributed by atoms with Crippen LogP contribution in [0.3, 0.4) is 0 Å². The van der Waals surface area contributed by atoms with Crippen molar-refractivity contribution in [3.8, 4) is 5.75 Å². The highest BCUT2D eigenvalue weighted by molar-refractivity contribution is 5.98. The van der Waals surface area contributed by atoms with Gasteiger partial charge in [0.1, 0.15) is 5.75 Å². The minimum Gasteiger partial charge on any atom is -0.482 e. The molecule has 0 fully saturated rings. The van der Waals surface area contributed by atoms with Crippen molar-refractivity contribution < 1.29 is 29.0 Å². The van der Waals surface area contributed by atoms with Gasteiger partial charge >= 0.3 is 5.97 Å². The smallest absolute Gasteiger partial charge is 0.330 e. The summed E-state index contributed by atoms with van der Waals surface area (Å²) < 4.78 is 9.78. The molecule has 0 saturated heterocycles. The van der Waals surface area contributed by atoms with Crippen LogP contribution in [0.15, 0.2) is 24.3 Å². The summed E-state index contributed by atoms with van der Waals surface area (Å²) in [4.78, 5) is 36.6. The number of carbonyl (C=O) groups excluding carboxylic acids is 3. The Morgan fingerprint density at radius 3 is 2.87 bits per heavy atom. The highest BCUT2D eigenvalue weighted by Crippen LogP contribution is 2.31. The minimum absolute atomic E-state index is 0.0203. The van der Waals surface area contributed by atoms with Gasteiger partial charge in [-0.2, -0.15) is 0 Å². The number of methoxy groups -OCH3 is 1. The van der Waals surface area contributed by atoms with Crippen LogP contribution in [-0.4, -0.2) is 55.8 Å². The van der Waals surface area contributed by atoms with Gasteiger partial charge in [-0.15, -0.1) is 0 Å². The van der Waals surface area contributed by atoms with Gasteiger partial charge in [0.25, 0.3) is 5.91 Å². The predicted molar refractivity (Wildman–Crippen MR) is 79.9 cm³/mol. The Labute approximate surface area is 133 Å². The van der Waals surface area contributed by atoms with E-state index in [0.29, 0.717) is 11.4 Å². The SMILES string of the molecule is COC(=O)[C@@H](CO)NC(=O)CCN1C(=O)COc2ccccc21. The normalized spacial score (nSPS) is 14.5. The lowest BCUT2D eigenvalue weighted by molar-refractivity contribution is -0.146. The first-order chi connectivity index (χ1) is 11.1. The fraction of sp³-hybridized carbons (Fsp3) is 0.400. The lowest BCUT2D eigenvalue weighted by Gasteiger charge is -2.29. The topological polar surface area (TPSA) is 105 Å². The van der Waals surface area contributed by atoms with Crippen molar-refractivity contribution in [3.63, 3.8) is 0 Å². The van der Waals surface area contributed by atoms with Gasteiger partial charge in [0.15, 0.2) is 12.6 Å². The number of hydrogen-bond donors (Lipinski definition) is 2. The van der Waals surface area contributed by atoms with Crippen LogP contribution >= 0.6 is 0 Å². The van der Waals surface area contributed by atoms with E-state index in [1.165, 1.54) is 12.0 Å². The van der Waals surface area contributed by atoms with Gasteiger partial charge in [-0.05, 0) is 12.1 Å². The van der Waals surface area contributed by atoms with Crippen molar-refractivity contribution in [3.05, 3.63) is 24.3 Å². The summed E-state index contributed by atoms with van der Waals surface area (Å²) in [6.07, 6.45) is -0.0203. The zero-order chi connectivity index (χ0) is 16.8. The Kier molecular flexibility index (Phi) is 5.53. The number of fused-ring (bicyclic) bond motifs is 1. The molecule has 124 valence electrons. The molecule has 1 aromatic rings. The van der Waals surface area contributed by atoms with Crippen molar-refractivity contribution in [1.29, 1.82) is 0 Å².